The van der Waals surface area contributed by atoms with Gasteiger partial charge in [-0.2, -0.15) is 13.2 Å². The number of piperidine rings is 1. The van der Waals surface area contributed by atoms with Gasteiger partial charge in [-0.3, -0.25) is 0 Å². The van der Waals surface area contributed by atoms with Gasteiger partial charge in [0.25, 0.3) is 0 Å². The third-order valence-corrected chi connectivity index (χ3v) is 3.76. The lowest BCUT2D eigenvalue weighted by Gasteiger charge is -2.23. The summed E-state index contributed by atoms with van der Waals surface area (Å²) in [6.07, 6.45) is -0.796. The van der Waals surface area contributed by atoms with Crippen molar-refractivity contribution in [2.45, 2.75) is 38.8 Å². The van der Waals surface area contributed by atoms with Gasteiger partial charge in [0.15, 0.2) is 0 Å². The van der Waals surface area contributed by atoms with Crippen LogP contribution in [0, 0.1) is 12.8 Å². The number of hydrogen-bond acceptors (Lipinski definition) is 4. The van der Waals surface area contributed by atoms with Gasteiger partial charge >= 0.3 is 6.18 Å². The van der Waals surface area contributed by atoms with Crippen LogP contribution in [0.4, 0.5) is 19.0 Å². The maximum absolute atomic E-state index is 12.6. The number of nitrogen functional groups attached to an aromatic ring is 1. The Bertz CT molecular complexity index is 444. The molecule has 0 radical (unpaired) electrons. The van der Waals surface area contributed by atoms with Crippen molar-refractivity contribution in [2.24, 2.45) is 5.92 Å². The Labute approximate surface area is 116 Å². The summed E-state index contributed by atoms with van der Waals surface area (Å²) in [6.45, 7) is 3.57. The third-order valence-electron chi connectivity index (χ3n) is 3.76. The fourth-order valence-electron chi connectivity index (χ4n) is 2.57. The van der Waals surface area contributed by atoms with Crippen LogP contribution in [0.2, 0.25) is 0 Å². The number of alkyl halides is 3. The van der Waals surface area contributed by atoms with E-state index in [-0.39, 0.29) is 5.82 Å². The van der Waals surface area contributed by atoms with Gasteiger partial charge in [0.1, 0.15) is 5.82 Å². The van der Waals surface area contributed by atoms with Crippen molar-refractivity contribution in [3.63, 3.8) is 0 Å². The first kappa shape index (κ1) is 15.0. The van der Waals surface area contributed by atoms with E-state index in [4.69, 9.17) is 5.73 Å². The normalized spacial score (nSPS) is 17.4. The molecule has 1 aliphatic heterocycles. The fraction of sp³-hybridized carbons (Fsp3) is 0.692. The van der Waals surface area contributed by atoms with E-state index < -0.39 is 12.0 Å². The number of rotatable bonds is 3. The minimum Gasteiger partial charge on any atom is -0.383 e. The molecule has 2 heterocycles. The standard InChI is InChI=1S/C13H19F3N4/c1-8-10(3-2-9-4-6-18-7-5-9)11(17)20-12(19-8)13(14,15)16/h9,18H,2-7H2,1H3,(H2,17,19,20). The SMILES string of the molecule is Cc1nc(C(F)(F)F)nc(N)c1CCC1CCNCC1. The number of nitrogens with zero attached hydrogens (tertiary/aromatic N) is 2. The second kappa shape index (κ2) is 5.95. The average molecular weight is 288 g/mol. The zero-order valence-corrected chi connectivity index (χ0v) is 11.4. The summed E-state index contributed by atoms with van der Waals surface area (Å²) in [5, 5.41) is 3.29. The molecule has 0 amide bonds. The summed E-state index contributed by atoms with van der Waals surface area (Å²) >= 11 is 0. The maximum atomic E-state index is 12.6. The Kier molecular flexibility index (Phi) is 4.47. The smallest absolute Gasteiger partial charge is 0.383 e. The van der Waals surface area contributed by atoms with Crippen LogP contribution in [0.3, 0.4) is 0 Å². The molecule has 2 rings (SSSR count). The van der Waals surface area contributed by atoms with E-state index in [0.29, 0.717) is 23.6 Å². The molecular weight excluding hydrogens is 269 g/mol. The van der Waals surface area contributed by atoms with E-state index >= 15 is 0 Å². The topological polar surface area (TPSA) is 63.8 Å². The molecule has 20 heavy (non-hydrogen) atoms. The molecule has 0 atom stereocenters. The highest BCUT2D eigenvalue weighted by Gasteiger charge is 2.35. The molecule has 4 nitrogen and oxygen atoms in total. The predicted molar refractivity (Wildman–Crippen MR) is 70.1 cm³/mol. The fourth-order valence-corrected chi connectivity index (χ4v) is 2.57. The molecule has 1 fully saturated rings. The van der Waals surface area contributed by atoms with Gasteiger partial charge in [0.2, 0.25) is 5.82 Å². The number of aromatic nitrogens is 2. The van der Waals surface area contributed by atoms with Crippen LogP contribution < -0.4 is 11.1 Å². The minimum atomic E-state index is -4.55. The van der Waals surface area contributed by atoms with E-state index in [1.807, 2.05) is 0 Å². The predicted octanol–water partition coefficient (Wildman–Crippen LogP) is 2.32. The first-order valence-corrected chi connectivity index (χ1v) is 6.79. The van der Waals surface area contributed by atoms with Crippen LogP contribution in [0.15, 0.2) is 0 Å². The highest BCUT2D eigenvalue weighted by Crippen LogP contribution is 2.29. The lowest BCUT2D eigenvalue weighted by molar-refractivity contribution is -0.145. The number of aryl methyl sites for hydroxylation is 1. The molecule has 3 N–H and O–H groups in total. The van der Waals surface area contributed by atoms with Crippen molar-refractivity contribution >= 4 is 5.82 Å². The van der Waals surface area contributed by atoms with Gasteiger partial charge in [-0.25, -0.2) is 9.97 Å². The van der Waals surface area contributed by atoms with E-state index in [9.17, 15) is 13.2 Å². The maximum Gasteiger partial charge on any atom is 0.451 e. The molecule has 7 heteroatoms. The van der Waals surface area contributed by atoms with Crippen molar-refractivity contribution in [1.29, 1.82) is 0 Å². The molecule has 0 bridgehead atoms. The number of hydrogen-bond donors (Lipinski definition) is 2. The third kappa shape index (κ3) is 3.59. The Balaban J connectivity index is 2.08. The highest BCUT2D eigenvalue weighted by atomic mass is 19.4. The minimum absolute atomic E-state index is 0.0428. The lowest BCUT2D eigenvalue weighted by Crippen LogP contribution is -2.28. The Morgan fingerprint density at radius 1 is 1.25 bits per heavy atom. The van der Waals surface area contributed by atoms with Crippen molar-refractivity contribution in [3.8, 4) is 0 Å². The number of anilines is 1. The Morgan fingerprint density at radius 3 is 2.45 bits per heavy atom. The summed E-state index contributed by atoms with van der Waals surface area (Å²) in [4.78, 5) is 6.94. The van der Waals surface area contributed by atoms with Crippen LogP contribution in [-0.2, 0) is 12.6 Å². The molecule has 0 saturated carbocycles. The molecule has 1 aliphatic rings. The van der Waals surface area contributed by atoms with Crippen LogP contribution in [0.25, 0.3) is 0 Å². The summed E-state index contributed by atoms with van der Waals surface area (Å²) in [7, 11) is 0. The molecule has 0 unspecified atom stereocenters. The van der Waals surface area contributed by atoms with E-state index in [1.165, 1.54) is 0 Å². The van der Waals surface area contributed by atoms with E-state index in [2.05, 4.69) is 15.3 Å². The van der Waals surface area contributed by atoms with E-state index in [1.54, 1.807) is 6.92 Å². The molecule has 112 valence electrons. The zero-order chi connectivity index (χ0) is 14.8. The molecule has 1 saturated heterocycles. The van der Waals surface area contributed by atoms with Gasteiger partial charge in [-0.05, 0) is 51.6 Å². The second-order valence-electron chi connectivity index (χ2n) is 5.23. The summed E-state index contributed by atoms with van der Waals surface area (Å²) < 4.78 is 37.7. The van der Waals surface area contributed by atoms with Crippen LogP contribution in [0.5, 0.6) is 0 Å². The van der Waals surface area contributed by atoms with Gasteiger partial charge in [0.05, 0.1) is 0 Å². The molecule has 0 spiro atoms. The number of nitrogens with one attached hydrogen (secondary N) is 1. The average Bonchev–Trinajstić information content (AvgIpc) is 2.37. The lowest BCUT2D eigenvalue weighted by atomic mass is 9.91. The van der Waals surface area contributed by atoms with Crippen molar-refractivity contribution in [2.75, 3.05) is 18.8 Å². The summed E-state index contributed by atoms with van der Waals surface area (Å²) in [5.74, 6) is -0.603. The first-order chi connectivity index (χ1) is 9.38. The monoisotopic (exact) mass is 288 g/mol. The quantitative estimate of drug-likeness (QED) is 0.896. The molecule has 0 aliphatic carbocycles. The highest BCUT2D eigenvalue weighted by molar-refractivity contribution is 5.42. The summed E-state index contributed by atoms with van der Waals surface area (Å²) in [5.41, 5.74) is 6.65. The molecular formula is C13H19F3N4. The van der Waals surface area contributed by atoms with Crippen molar-refractivity contribution in [1.82, 2.24) is 15.3 Å². The van der Waals surface area contributed by atoms with Crippen LogP contribution in [-0.4, -0.2) is 23.1 Å². The second-order valence-corrected chi connectivity index (χ2v) is 5.23. The van der Waals surface area contributed by atoms with Gasteiger partial charge in [0, 0.05) is 11.3 Å². The molecule has 1 aromatic heterocycles. The largest absolute Gasteiger partial charge is 0.451 e. The van der Waals surface area contributed by atoms with Gasteiger partial charge < -0.3 is 11.1 Å². The zero-order valence-electron chi connectivity index (χ0n) is 11.4. The summed E-state index contributed by atoms with van der Waals surface area (Å²) in [6, 6.07) is 0. The Morgan fingerprint density at radius 2 is 1.90 bits per heavy atom. The number of nitrogens with two attached hydrogens (primary N) is 1. The molecule has 1 aromatic rings. The Hall–Kier alpha value is -1.37. The number of halogens is 3. The van der Waals surface area contributed by atoms with E-state index in [0.717, 1.165) is 32.4 Å². The van der Waals surface area contributed by atoms with Crippen molar-refractivity contribution < 1.29 is 13.2 Å². The molecule has 0 aromatic carbocycles. The van der Waals surface area contributed by atoms with Crippen LogP contribution in [0.1, 0.15) is 36.3 Å². The van der Waals surface area contributed by atoms with Gasteiger partial charge in [-0.15, -0.1) is 0 Å². The van der Waals surface area contributed by atoms with Crippen molar-refractivity contribution in [3.05, 3.63) is 17.1 Å². The van der Waals surface area contributed by atoms with Gasteiger partial charge in [-0.1, -0.05) is 0 Å². The first-order valence-electron chi connectivity index (χ1n) is 6.79. The van der Waals surface area contributed by atoms with Crippen LogP contribution >= 0.6 is 0 Å².